The van der Waals surface area contributed by atoms with Gasteiger partial charge in [-0.2, -0.15) is 0 Å². The number of nitrogens with one attached hydrogen (secondary N) is 3. The highest BCUT2D eigenvalue weighted by Gasteiger charge is 2.48. The molecule has 2 fully saturated rings. The van der Waals surface area contributed by atoms with Gasteiger partial charge in [-0.25, -0.2) is 4.79 Å². The van der Waals surface area contributed by atoms with E-state index in [0.717, 1.165) is 12.0 Å². The van der Waals surface area contributed by atoms with Crippen LogP contribution in [0, 0.1) is 35.5 Å². The van der Waals surface area contributed by atoms with Gasteiger partial charge in [-0.15, -0.1) is 0 Å². The zero-order valence-electron chi connectivity index (χ0n) is 32.9. The second-order valence-electron chi connectivity index (χ2n) is 15.8. The Kier molecular flexibility index (Phi) is 14.6. The molecular weight excluding hydrogens is 754 g/mol. The third-order valence-corrected chi connectivity index (χ3v) is 11.5. The SMILES string of the molecule is C[C@H]1C=C2C=C[C@H](C)[C@H](CC[C@@H]3C[C@@H](O)CC(=O)O3)[C@H]2[C@@H](OC(=O)NCCOCCOCCOCC(=O)Nc2cccc3c2C(=O)C(C2CCC(=O)NC2=O)C3=O)C1. The number of benzene rings is 1. The second-order valence-corrected chi connectivity index (χ2v) is 15.8. The lowest BCUT2D eigenvalue weighted by atomic mass is 9.65. The van der Waals surface area contributed by atoms with Gasteiger partial charge in [-0.05, 0) is 55.1 Å². The van der Waals surface area contributed by atoms with Gasteiger partial charge in [0.15, 0.2) is 11.6 Å². The van der Waals surface area contributed by atoms with E-state index >= 15 is 0 Å². The summed E-state index contributed by atoms with van der Waals surface area (Å²) < 4.78 is 28.0. The molecule has 16 nitrogen and oxygen atoms in total. The van der Waals surface area contributed by atoms with Gasteiger partial charge in [0.1, 0.15) is 18.8 Å². The molecule has 4 N–H and O–H groups in total. The number of rotatable bonds is 17. The maximum Gasteiger partial charge on any atom is 0.407 e. The highest BCUT2D eigenvalue weighted by molar-refractivity contribution is 6.30. The minimum Gasteiger partial charge on any atom is -0.462 e. The van der Waals surface area contributed by atoms with E-state index in [9.17, 15) is 38.7 Å². The van der Waals surface area contributed by atoms with Gasteiger partial charge in [0.25, 0.3) is 0 Å². The molecule has 4 amide bonds. The number of ketones is 2. The van der Waals surface area contributed by atoms with Gasteiger partial charge < -0.3 is 39.4 Å². The number of carbonyl (C=O) groups is 7. The highest BCUT2D eigenvalue weighted by Crippen LogP contribution is 2.45. The first kappa shape index (κ1) is 42.8. The quantitative estimate of drug-likeness (QED) is 0.0771. The number of ether oxygens (including phenoxy) is 5. The summed E-state index contributed by atoms with van der Waals surface area (Å²) in [6.45, 7) is 5.21. The fraction of sp³-hybridized carbons (Fsp3) is 0.595. The second kappa shape index (κ2) is 19.8. The lowest BCUT2D eigenvalue weighted by molar-refractivity contribution is -0.160. The van der Waals surface area contributed by atoms with Gasteiger partial charge in [-0.1, -0.05) is 44.2 Å². The van der Waals surface area contributed by atoms with Crippen LogP contribution in [-0.4, -0.2) is 111 Å². The Balaban J connectivity index is 0.838. The van der Waals surface area contributed by atoms with E-state index in [2.05, 4.69) is 48.0 Å². The summed E-state index contributed by atoms with van der Waals surface area (Å²) in [7, 11) is 0. The molecule has 3 aliphatic carbocycles. The fourth-order valence-electron chi connectivity index (χ4n) is 8.80. The number of Topliss-reactive ketones (excluding diaryl/α,β-unsaturated/α-hetero) is 2. The van der Waals surface area contributed by atoms with Crippen molar-refractivity contribution >= 4 is 47.0 Å². The zero-order valence-corrected chi connectivity index (χ0v) is 32.9. The summed E-state index contributed by atoms with van der Waals surface area (Å²) in [6.07, 6.45) is 7.45. The van der Waals surface area contributed by atoms with Crippen LogP contribution < -0.4 is 16.0 Å². The largest absolute Gasteiger partial charge is 0.462 e. The topological polar surface area (TPSA) is 222 Å². The number of allylic oxidation sites excluding steroid dienone is 3. The molecule has 2 saturated heterocycles. The summed E-state index contributed by atoms with van der Waals surface area (Å²) >= 11 is 0. The molecule has 0 aromatic heterocycles. The van der Waals surface area contributed by atoms with Gasteiger partial charge >= 0.3 is 12.1 Å². The summed E-state index contributed by atoms with van der Waals surface area (Å²) in [5.74, 6) is -4.60. The monoisotopic (exact) mass is 807 g/mol. The first-order valence-electron chi connectivity index (χ1n) is 20.2. The normalized spacial score (nSPS) is 29.2. The average molecular weight is 808 g/mol. The first-order chi connectivity index (χ1) is 27.9. The van der Waals surface area contributed by atoms with Crippen molar-refractivity contribution in [2.75, 3.05) is 51.5 Å². The molecule has 2 unspecified atom stereocenters. The van der Waals surface area contributed by atoms with E-state index in [0.29, 0.717) is 19.3 Å². The number of cyclic esters (lactones) is 1. The Morgan fingerprint density at radius 3 is 2.47 bits per heavy atom. The Labute approximate surface area is 336 Å². The number of esters is 1. The van der Waals surface area contributed by atoms with Crippen molar-refractivity contribution in [1.82, 2.24) is 10.6 Å². The van der Waals surface area contributed by atoms with Crippen LogP contribution in [0.2, 0.25) is 0 Å². The van der Waals surface area contributed by atoms with Crippen molar-refractivity contribution in [2.45, 2.75) is 77.1 Å². The maximum atomic E-state index is 13.3. The van der Waals surface area contributed by atoms with Crippen molar-refractivity contribution in [1.29, 1.82) is 0 Å². The minimum absolute atomic E-state index is 0.0154. The van der Waals surface area contributed by atoms with Crippen molar-refractivity contribution in [3.8, 4) is 0 Å². The van der Waals surface area contributed by atoms with Crippen LogP contribution in [0.5, 0.6) is 0 Å². The summed E-state index contributed by atoms with van der Waals surface area (Å²) in [5, 5.41) is 17.6. The van der Waals surface area contributed by atoms with Crippen LogP contribution in [0.15, 0.2) is 42.0 Å². The van der Waals surface area contributed by atoms with Crippen LogP contribution in [0.3, 0.4) is 0 Å². The lowest BCUT2D eigenvalue weighted by Gasteiger charge is -2.43. The van der Waals surface area contributed by atoms with E-state index in [4.69, 9.17) is 23.7 Å². The van der Waals surface area contributed by atoms with Crippen LogP contribution in [0.1, 0.15) is 79.5 Å². The number of fused-ring (bicyclic) bond motifs is 2. The number of aliphatic hydroxyl groups excluding tert-OH is 1. The van der Waals surface area contributed by atoms with Crippen LogP contribution in [0.4, 0.5) is 10.5 Å². The first-order valence-corrected chi connectivity index (χ1v) is 20.2. The van der Waals surface area contributed by atoms with E-state index in [1.54, 1.807) is 0 Å². The summed E-state index contributed by atoms with van der Waals surface area (Å²) in [6, 6.07) is 4.52. The summed E-state index contributed by atoms with van der Waals surface area (Å²) in [4.78, 5) is 87.7. The zero-order chi connectivity index (χ0) is 41.3. The smallest absolute Gasteiger partial charge is 0.407 e. The van der Waals surface area contributed by atoms with Crippen molar-refractivity contribution in [2.24, 2.45) is 35.5 Å². The van der Waals surface area contributed by atoms with E-state index < -0.39 is 53.3 Å². The third kappa shape index (κ3) is 10.6. The molecule has 6 rings (SSSR count). The molecule has 0 saturated carbocycles. The van der Waals surface area contributed by atoms with E-state index in [-0.39, 0.29) is 124 Å². The molecule has 314 valence electrons. The predicted molar refractivity (Wildman–Crippen MR) is 205 cm³/mol. The Morgan fingerprint density at radius 1 is 0.948 bits per heavy atom. The molecule has 0 bridgehead atoms. The van der Waals surface area contributed by atoms with Crippen LogP contribution >= 0.6 is 0 Å². The van der Waals surface area contributed by atoms with Gasteiger partial charge in [0.2, 0.25) is 17.7 Å². The molecule has 1 aromatic carbocycles. The molecule has 2 aliphatic heterocycles. The molecule has 5 aliphatic rings. The van der Waals surface area contributed by atoms with E-state index in [1.165, 1.54) is 18.2 Å². The van der Waals surface area contributed by atoms with Crippen LogP contribution in [-0.2, 0) is 42.9 Å². The highest BCUT2D eigenvalue weighted by atomic mass is 16.6. The number of aliphatic hydroxyl groups is 1. The van der Waals surface area contributed by atoms with Crippen molar-refractivity contribution in [3.63, 3.8) is 0 Å². The Bertz CT molecular complexity index is 1810. The van der Waals surface area contributed by atoms with Gasteiger partial charge in [-0.3, -0.25) is 34.1 Å². The van der Waals surface area contributed by atoms with Crippen LogP contribution in [0.25, 0.3) is 0 Å². The molecule has 0 spiro atoms. The number of anilines is 1. The predicted octanol–water partition coefficient (Wildman–Crippen LogP) is 3.07. The van der Waals surface area contributed by atoms with Crippen molar-refractivity contribution < 1.29 is 62.4 Å². The summed E-state index contributed by atoms with van der Waals surface area (Å²) in [5.41, 5.74) is 1.47. The molecular formula is C42H53N3O13. The Morgan fingerprint density at radius 2 is 1.71 bits per heavy atom. The Hall–Kier alpha value is -4.77. The maximum absolute atomic E-state index is 13.3. The van der Waals surface area contributed by atoms with Gasteiger partial charge in [0.05, 0.1) is 68.6 Å². The number of imide groups is 1. The number of piperidine rings is 1. The molecule has 1 aromatic rings. The molecule has 0 radical (unpaired) electrons. The van der Waals surface area contributed by atoms with E-state index in [1.807, 2.05) is 0 Å². The van der Waals surface area contributed by atoms with Crippen molar-refractivity contribution in [3.05, 3.63) is 53.1 Å². The third-order valence-electron chi connectivity index (χ3n) is 11.5. The number of alkyl carbamates (subject to hydrolysis) is 1. The molecule has 2 heterocycles. The molecule has 58 heavy (non-hydrogen) atoms. The number of hydrogen-bond donors (Lipinski definition) is 4. The number of carbonyl (C=O) groups excluding carboxylic acids is 7. The number of amides is 4. The molecule has 16 heteroatoms. The minimum atomic E-state index is -1.24. The molecule has 9 atom stereocenters. The fourth-order valence-corrected chi connectivity index (χ4v) is 8.80. The lowest BCUT2D eigenvalue weighted by Crippen LogP contribution is -2.46. The average Bonchev–Trinajstić information content (AvgIpc) is 3.42. The van der Waals surface area contributed by atoms with Gasteiger partial charge in [0, 0.05) is 30.9 Å². The number of hydrogen-bond acceptors (Lipinski definition) is 13. The standard InChI is InChI=1S/C42H53N3O13/c1-23-18-25-7-6-24(2)28(9-8-27-20-26(46)21-35(49)57-27)36(25)32(19-23)58-42(53)43-12-13-54-14-15-55-16-17-56-22-34(48)44-31-5-3-4-29-37(31)40(51)38(39(29)50)30-10-11-33(47)45-41(30)52/h3-7,18,23-24,26-28,30,32,36,38,46H,8-17,19-22H2,1-2H3,(H,43,53)(H,44,48)(H,45,47,52)/t23-,24-,26+,27+,28-,30?,32-,36-,38?/m0/s1.